The molecule has 0 spiro atoms. The van der Waals surface area contributed by atoms with E-state index in [4.69, 9.17) is 18.5 Å². The zero-order valence-electron chi connectivity index (χ0n) is 26.5. The van der Waals surface area contributed by atoms with E-state index in [0.717, 1.165) is 70.6 Å². The molecule has 0 bridgehead atoms. The van der Waals surface area contributed by atoms with Gasteiger partial charge in [0.2, 0.25) is 0 Å². The molecule has 0 aromatic heterocycles. The quantitative estimate of drug-likeness (QED) is 0.0343. The minimum Gasteiger partial charge on any atom is -0.462 e. The summed E-state index contributed by atoms with van der Waals surface area (Å²) in [6.45, 7) is 4.16. The molecule has 0 fully saturated rings. The summed E-state index contributed by atoms with van der Waals surface area (Å²) in [4.78, 5) is 34.6. The monoisotopic (exact) mass is 604 g/mol. The lowest BCUT2D eigenvalue weighted by Gasteiger charge is -2.24. The van der Waals surface area contributed by atoms with E-state index < -0.39 is 32.5 Å². The molecule has 10 heteroatoms. The standard InChI is InChI=1S/C31H58NO8P/c1-6-8-10-12-13-14-15-16-17-18-19-20-22-24-31(34)40-29(27-37-30(33)23-21-11-9-7-2)28-39-41(35,36)38-26-25-32(3,4)5/h10,12,14-15,29H,6-9,11,13,16-28H2,1-5H3/p+1/b12-10-,15-14-. The van der Waals surface area contributed by atoms with Crippen LogP contribution >= 0.6 is 7.82 Å². The van der Waals surface area contributed by atoms with Crippen LogP contribution in [0.3, 0.4) is 0 Å². The number of carbonyl (C=O) groups excluding carboxylic acids is 2. The van der Waals surface area contributed by atoms with Crippen LogP contribution < -0.4 is 0 Å². The van der Waals surface area contributed by atoms with E-state index in [1.165, 1.54) is 6.42 Å². The molecule has 0 radical (unpaired) electrons. The second-order valence-electron chi connectivity index (χ2n) is 11.5. The van der Waals surface area contributed by atoms with Gasteiger partial charge in [0.15, 0.2) is 6.10 Å². The maximum absolute atomic E-state index is 12.5. The normalized spacial score (nSPS) is 14.4. The molecule has 240 valence electrons. The van der Waals surface area contributed by atoms with Gasteiger partial charge in [-0.3, -0.25) is 18.6 Å². The number of esters is 2. The van der Waals surface area contributed by atoms with Gasteiger partial charge in [0.25, 0.3) is 0 Å². The van der Waals surface area contributed by atoms with Crippen molar-refractivity contribution in [3.8, 4) is 0 Å². The summed E-state index contributed by atoms with van der Waals surface area (Å²) >= 11 is 0. The highest BCUT2D eigenvalue weighted by molar-refractivity contribution is 7.47. The molecule has 0 aliphatic carbocycles. The number of quaternary nitrogens is 1. The first-order valence-electron chi connectivity index (χ1n) is 15.6. The average Bonchev–Trinajstić information content (AvgIpc) is 2.90. The van der Waals surface area contributed by atoms with Crippen molar-refractivity contribution in [2.45, 2.75) is 116 Å². The maximum Gasteiger partial charge on any atom is 0.472 e. The van der Waals surface area contributed by atoms with Crippen molar-refractivity contribution >= 4 is 19.8 Å². The Bertz CT molecular complexity index is 779. The third-order valence-electron chi connectivity index (χ3n) is 6.22. The summed E-state index contributed by atoms with van der Waals surface area (Å²) in [7, 11) is 1.46. The third-order valence-corrected chi connectivity index (χ3v) is 7.20. The van der Waals surface area contributed by atoms with Gasteiger partial charge in [-0.25, -0.2) is 4.57 Å². The highest BCUT2D eigenvalue weighted by Crippen LogP contribution is 2.43. The number of rotatable bonds is 27. The summed E-state index contributed by atoms with van der Waals surface area (Å²) in [5, 5.41) is 0. The molecule has 0 aromatic rings. The molecule has 0 rings (SSSR count). The number of hydrogen-bond acceptors (Lipinski definition) is 7. The van der Waals surface area contributed by atoms with E-state index >= 15 is 0 Å². The molecule has 9 nitrogen and oxygen atoms in total. The van der Waals surface area contributed by atoms with E-state index in [0.29, 0.717) is 17.4 Å². The Balaban J connectivity index is 4.47. The van der Waals surface area contributed by atoms with Crippen LogP contribution in [0, 0.1) is 0 Å². The topological polar surface area (TPSA) is 108 Å². The van der Waals surface area contributed by atoms with Gasteiger partial charge in [0.1, 0.15) is 19.8 Å². The summed E-state index contributed by atoms with van der Waals surface area (Å²) in [6, 6.07) is 0. The van der Waals surface area contributed by atoms with Crippen LogP contribution in [0.25, 0.3) is 0 Å². The molecule has 1 N–H and O–H groups in total. The average molecular weight is 605 g/mol. The van der Waals surface area contributed by atoms with Crippen LogP contribution in [0.2, 0.25) is 0 Å². The lowest BCUT2D eigenvalue weighted by atomic mass is 10.1. The number of allylic oxidation sites excluding steroid dienone is 4. The van der Waals surface area contributed by atoms with Gasteiger partial charge in [-0.2, -0.15) is 0 Å². The molecule has 41 heavy (non-hydrogen) atoms. The van der Waals surface area contributed by atoms with Crippen LogP contribution in [-0.2, 0) is 32.7 Å². The Morgan fingerprint density at radius 2 is 1.37 bits per heavy atom. The number of phosphoric ester groups is 1. The predicted octanol–water partition coefficient (Wildman–Crippen LogP) is 7.28. The second-order valence-corrected chi connectivity index (χ2v) is 12.9. The van der Waals surface area contributed by atoms with E-state index in [2.05, 4.69) is 38.2 Å². The maximum atomic E-state index is 12.5. The zero-order valence-corrected chi connectivity index (χ0v) is 27.4. The Kier molecular flexibility index (Phi) is 24.1. The van der Waals surface area contributed by atoms with Crippen molar-refractivity contribution in [1.29, 1.82) is 0 Å². The van der Waals surface area contributed by atoms with Gasteiger partial charge in [0.05, 0.1) is 27.7 Å². The molecule has 0 aromatic carbocycles. The number of hydrogen-bond donors (Lipinski definition) is 1. The summed E-state index contributed by atoms with van der Waals surface area (Å²) < 4.78 is 33.7. The van der Waals surface area contributed by atoms with Crippen LogP contribution in [-0.4, -0.2) is 74.9 Å². The van der Waals surface area contributed by atoms with Gasteiger partial charge in [-0.15, -0.1) is 0 Å². The molecule has 0 saturated carbocycles. The van der Waals surface area contributed by atoms with Crippen LogP contribution in [0.1, 0.15) is 110 Å². The molecule has 0 aliphatic rings. The fraction of sp³-hybridized carbons (Fsp3) is 0.806. The Morgan fingerprint density at radius 3 is 2.02 bits per heavy atom. The first-order valence-corrected chi connectivity index (χ1v) is 17.1. The van der Waals surface area contributed by atoms with E-state index in [9.17, 15) is 19.0 Å². The van der Waals surface area contributed by atoms with E-state index in [-0.39, 0.29) is 26.1 Å². The van der Waals surface area contributed by atoms with Gasteiger partial charge in [-0.1, -0.05) is 83.1 Å². The van der Waals surface area contributed by atoms with Crippen molar-refractivity contribution in [3.05, 3.63) is 24.3 Å². The smallest absolute Gasteiger partial charge is 0.462 e. The second kappa shape index (κ2) is 25.0. The Hall–Kier alpha value is -1.51. The van der Waals surface area contributed by atoms with Crippen molar-refractivity contribution in [3.63, 3.8) is 0 Å². The molecule has 0 aliphatic heterocycles. The van der Waals surface area contributed by atoms with Crippen molar-refractivity contribution < 1.29 is 42.1 Å². The fourth-order valence-corrected chi connectivity index (χ4v) is 4.44. The van der Waals surface area contributed by atoms with E-state index in [1.807, 2.05) is 21.1 Å². The highest BCUT2D eigenvalue weighted by Gasteiger charge is 2.27. The largest absolute Gasteiger partial charge is 0.472 e. The first kappa shape index (κ1) is 39.5. The number of carbonyl (C=O) groups is 2. The SMILES string of the molecule is CCC/C=C\C/C=C\CCCCCCCC(=O)OC(COC(=O)CCCCCC)COP(=O)(O)OCC[N+](C)(C)C. The summed E-state index contributed by atoms with van der Waals surface area (Å²) in [5.41, 5.74) is 0. The Morgan fingerprint density at radius 1 is 0.756 bits per heavy atom. The molecule has 0 saturated heterocycles. The van der Waals surface area contributed by atoms with Crippen LogP contribution in [0.15, 0.2) is 24.3 Å². The van der Waals surface area contributed by atoms with E-state index in [1.54, 1.807) is 0 Å². The van der Waals surface area contributed by atoms with Gasteiger partial charge >= 0.3 is 19.8 Å². The van der Waals surface area contributed by atoms with Crippen molar-refractivity contribution in [1.82, 2.24) is 0 Å². The van der Waals surface area contributed by atoms with Gasteiger partial charge in [0, 0.05) is 12.8 Å². The molecule has 2 atom stereocenters. The predicted molar refractivity (Wildman–Crippen MR) is 164 cm³/mol. The fourth-order valence-electron chi connectivity index (χ4n) is 3.70. The van der Waals surface area contributed by atoms with Gasteiger partial charge < -0.3 is 18.9 Å². The van der Waals surface area contributed by atoms with Gasteiger partial charge in [-0.05, 0) is 38.5 Å². The molecule has 2 unspecified atom stereocenters. The number of nitrogens with zero attached hydrogens (tertiary/aromatic N) is 1. The molecular weight excluding hydrogens is 545 g/mol. The van der Waals surface area contributed by atoms with Crippen molar-refractivity contribution in [2.24, 2.45) is 0 Å². The third kappa shape index (κ3) is 28.4. The minimum atomic E-state index is -4.35. The highest BCUT2D eigenvalue weighted by atomic mass is 31.2. The zero-order chi connectivity index (χ0) is 30.8. The summed E-state index contributed by atoms with van der Waals surface area (Å²) in [5.74, 6) is -0.841. The molecule has 0 amide bonds. The number of ether oxygens (including phenoxy) is 2. The first-order chi connectivity index (χ1) is 19.5. The number of phosphoric acid groups is 1. The minimum absolute atomic E-state index is 0.0289. The Labute approximate surface area is 249 Å². The van der Waals surface area contributed by atoms with Crippen molar-refractivity contribution in [2.75, 3.05) is 47.5 Å². The van der Waals surface area contributed by atoms with Crippen LogP contribution in [0.5, 0.6) is 0 Å². The van der Waals surface area contributed by atoms with Crippen LogP contribution in [0.4, 0.5) is 0 Å². The molecule has 0 heterocycles. The lowest BCUT2D eigenvalue weighted by molar-refractivity contribution is -0.870. The summed E-state index contributed by atoms with van der Waals surface area (Å²) in [6.07, 6.45) is 21.4. The number of likely N-dealkylation sites (N-methyl/N-ethyl adjacent to an activating group) is 1. The molecular formula is C31H59NO8P+. The number of unbranched alkanes of at least 4 members (excludes halogenated alkanes) is 9. The lowest BCUT2D eigenvalue weighted by Crippen LogP contribution is -2.37.